The molecule has 1 heterocycles. The fourth-order valence-corrected chi connectivity index (χ4v) is 1.30. The van der Waals surface area contributed by atoms with Crippen LogP contribution >= 0.6 is 0 Å². The maximum atomic E-state index is 12.3. The van der Waals surface area contributed by atoms with Gasteiger partial charge in [-0.25, -0.2) is 4.79 Å². The van der Waals surface area contributed by atoms with Crippen LogP contribution in [-0.2, 0) is 6.18 Å². The molecule has 6 heteroatoms. The first kappa shape index (κ1) is 10.5. The number of phenolic OH excluding ortho intramolecular Hbond substituents is 1. The van der Waals surface area contributed by atoms with E-state index >= 15 is 0 Å². The Kier molecular flexibility index (Phi) is 2.15. The van der Waals surface area contributed by atoms with Crippen molar-refractivity contribution in [3.05, 3.63) is 40.2 Å². The maximum Gasteiger partial charge on any atom is 0.423 e. The molecule has 0 aliphatic heterocycles. The van der Waals surface area contributed by atoms with Crippen LogP contribution in [0.5, 0.6) is 5.75 Å². The smallest absolute Gasteiger partial charge is 0.423 e. The molecule has 2 aromatic rings. The zero-order valence-corrected chi connectivity index (χ0v) is 7.71. The summed E-state index contributed by atoms with van der Waals surface area (Å²) in [4.78, 5) is 11.0. The molecular formula is C10H5F3O3. The number of alkyl halides is 3. The van der Waals surface area contributed by atoms with Gasteiger partial charge in [-0.3, -0.25) is 0 Å². The predicted molar refractivity (Wildman–Crippen MR) is 49.2 cm³/mol. The summed E-state index contributed by atoms with van der Waals surface area (Å²) in [6, 6.07) is 4.23. The molecule has 1 aromatic heterocycles. The third kappa shape index (κ3) is 1.73. The summed E-state index contributed by atoms with van der Waals surface area (Å²) in [6.07, 6.45) is -4.74. The number of halogens is 3. The molecule has 0 amide bonds. The zero-order chi connectivity index (χ0) is 11.9. The van der Waals surface area contributed by atoms with Gasteiger partial charge in [-0.15, -0.1) is 0 Å². The molecule has 1 aromatic carbocycles. The van der Waals surface area contributed by atoms with Gasteiger partial charge in [0.25, 0.3) is 0 Å². The largest absolute Gasteiger partial charge is 0.508 e. The molecule has 0 saturated heterocycles. The molecule has 0 bridgehead atoms. The average molecular weight is 230 g/mol. The molecule has 2 rings (SSSR count). The second-order valence-electron chi connectivity index (χ2n) is 3.17. The van der Waals surface area contributed by atoms with Crippen LogP contribution in [0.15, 0.2) is 33.5 Å². The first-order valence-electron chi connectivity index (χ1n) is 4.22. The first-order chi connectivity index (χ1) is 7.38. The number of hydrogen-bond donors (Lipinski definition) is 1. The minimum absolute atomic E-state index is 0.0852. The van der Waals surface area contributed by atoms with Gasteiger partial charge in [-0.1, -0.05) is 0 Å². The summed E-state index contributed by atoms with van der Waals surface area (Å²) >= 11 is 0. The highest BCUT2D eigenvalue weighted by Gasteiger charge is 2.35. The van der Waals surface area contributed by atoms with Crippen LogP contribution in [0, 0.1) is 0 Å². The summed E-state index contributed by atoms with van der Waals surface area (Å²) in [5.74, 6) is -0.185. The highest BCUT2D eigenvalue weighted by molar-refractivity contribution is 5.78. The van der Waals surface area contributed by atoms with Gasteiger partial charge in [0.2, 0.25) is 0 Å². The summed E-state index contributed by atoms with van der Waals surface area (Å²) < 4.78 is 41.5. The number of aromatic hydroxyl groups is 1. The normalized spacial score (nSPS) is 11.9. The second kappa shape index (κ2) is 3.26. The van der Waals surface area contributed by atoms with Crippen molar-refractivity contribution < 1.29 is 22.7 Å². The van der Waals surface area contributed by atoms with E-state index in [0.29, 0.717) is 6.07 Å². The molecule has 0 atom stereocenters. The van der Waals surface area contributed by atoms with Gasteiger partial charge in [-0.2, -0.15) is 13.2 Å². The fourth-order valence-electron chi connectivity index (χ4n) is 1.30. The van der Waals surface area contributed by atoms with E-state index in [2.05, 4.69) is 4.42 Å². The van der Waals surface area contributed by atoms with Crippen LogP contribution in [0.2, 0.25) is 0 Å². The summed E-state index contributed by atoms with van der Waals surface area (Å²) in [5, 5.41) is 9.17. The van der Waals surface area contributed by atoms with Crippen LogP contribution in [0.4, 0.5) is 13.2 Å². The third-order valence-electron chi connectivity index (χ3n) is 2.02. The minimum atomic E-state index is -4.74. The first-order valence-corrected chi connectivity index (χ1v) is 4.22. The fraction of sp³-hybridized carbons (Fsp3) is 0.100. The minimum Gasteiger partial charge on any atom is -0.508 e. The molecule has 0 aliphatic rings. The van der Waals surface area contributed by atoms with Gasteiger partial charge < -0.3 is 9.52 Å². The lowest BCUT2D eigenvalue weighted by Gasteiger charge is -2.05. The van der Waals surface area contributed by atoms with Crippen molar-refractivity contribution in [3.8, 4) is 5.75 Å². The van der Waals surface area contributed by atoms with E-state index in [-0.39, 0.29) is 16.7 Å². The Balaban J connectivity index is 2.78. The van der Waals surface area contributed by atoms with Crippen molar-refractivity contribution in [1.29, 1.82) is 0 Å². The lowest BCUT2D eigenvalue weighted by Crippen LogP contribution is -2.17. The quantitative estimate of drug-likeness (QED) is 0.707. The molecule has 0 fully saturated rings. The number of phenols is 1. The average Bonchev–Trinajstić information content (AvgIpc) is 2.14. The zero-order valence-electron chi connectivity index (χ0n) is 7.71. The SMILES string of the molecule is O=c1oc2cc(O)ccc2cc1C(F)(F)F. The molecule has 0 aliphatic carbocycles. The van der Waals surface area contributed by atoms with Crippen molar-refractivity contribution in [2.75, 3.05) is 0 Å². The monoisotopic (exact) mass is 230 g/mol. The Morgan fingerprint density at radius 2 is 1.88 bits per heavy atom. The van der Waals surface area contributed by atoms with Crippen LogP contribution in [-0.4, -0.2) is 5.11 Å². The number of rotatable bonds is 0. The Labute approximate surface area is 86.7 Å². The molecule has 3 nitrogen and oxygen atoms in total. The lowest BCUT2D eigenvalue weighted by atomic mass is 10.2. The molecule has 0 spiro atoms. The van der Waals surface area contributed by atoms with Gasteiger partial charge >= 0.3 is 11.8 Å². The van der Waals surface area contributed by atoms with Crippen molar-refractivity contribution in [3.63, 3.8) is 0 Å². The van der Waals surface area contributed by atoms with Gasteiger partial charge in [0.15, 0.2) is 0 Å². The van der Waals surface area contributed by atoms with E-state index in [1.165, 1.54) is 12.1 Å². The van der Waals surface area contributed by atoms with E-state index in [1.807, 2.05) is 0 Å². The lowest BCUT2D eigenvalue weighted by molar-refractivity contribution is -0.139. The molecule has 0 unspecified atom stereocenters. The van der Waals surface area contributed by atoms with Crippen molar-refractivity contribution in [2.24, 2.45) is 0 Å². The van der Waals surface area contributed by atoms with Crippen LogP contribution in [0.25, 0.3) is 11.0 Å². The molecule has 1 N–H and O–H groups in total. The van der Waals surface area contributed by atoms with Crippen LogP contribution < -0.4 is 5.63 Å². The Hall–Kier alpha value is -1.98. The van der Waals surface area contributed by atoms with Gasteiger partial charge in [0.1, 0.15) is 16.9 Å². The summed E-state index contributed by atoms with van der Waals surface area (Å²) in [5.41, 5.74) is -2.91. The standard InChI is InChI=1S/C10H5F3O3/c11-10(12,13)7-3-5-1-2-6(14)4-8(5)16-9(7)15/h1-4,14H. The maximum absolute atomic E-state index is 12.3. The topological polar surface area (TPSA) is 50.4 Å². The van der Waals surface area contributed by atoms with Crippen LogP contribution in [0.1, 0.15) is 5.56 Å². The van der Waals surface area contributed by atoms with E-state index < -0.39 is 17.4 Å². The van der Waals surface area contributed by atoms with E-state index in [0.717, 1.165) is 6.07 Å². The van der Waals surface area contributed by atoms with Gasteiger partial charge in [-0.05, 0) is 18.2 Å². The number of hydrogen-bond acceptors (Lipinski definition) is 3. The Morgan fingerprint density at radius 3 is 2.50 bits per heavy atom. The molecule has 84 valence electrons. The van der Waals surface area contributed by atoms with Crippen LogP contribution in [0.3, 0.4) is 0 Å². The van der Waals surface area contributed by atoms with E-state index in [9.17, 15) is 18.0 Å². The molecule has 0 saturated carbocycles. The molecule has 16 heavy (non-hydrogen) atoms. The Bertz CT molecular complexity index is 598. The summed E-state index contributed by atoms with van der Waals surface area (Å²) in [6.45, 7) is 0. The number of benzene rings is 1. The molecular weight excluding hydrogens is 225 g/mol. The van der Waals surface area contributed by atoms with Gasteiger partial charge in [0, 0.05) is 11.5 Å². The van der Waals surface area contributed by atoms with Crippen molar-refractivity contribution in [1.82, 2.24) is 0 Å². The van der Waals surface area contributed by atoms with Crippen molar-refractivity contribution >= 4 is 11.0 Å². The predicted octanol–water partition coefficient (Wildman–Crippen LogP) is 2.52. The van der Waals surface area contributed by atoms with E-state index in [4.69, 9.17) is 5.11 Å². The molecule has 0 radical (unpaired) electrons. The highest BCUT2D eigenvalue weighted by Crippen LogP contribution is 2.29. The number of fused-ring (bicyclic) bond motifs is 1. The van der Waals surface area contributed by atoms with E-state index in [1.54, 1.807) is 0 Å². The highest BCUT2D eigenvalue weighted by atomic mass is 19.4. The second-order valence-corrected chi connectivity index (χ2v) is 3.17. The Morgan fingerprint density at radius 1 is 1.19 bits per heavy atom. The summed E-state index contributed by atoms with van der Waals surface area (Å²) in [7, 11) is 0. The van der Waals surface area contributed by atoms with Gasteiger partial charge in [0.05, 0.1) is 0 Å². The van der Waals surface area contributed by atoms with Crippen molar-refractivity contribution in [2.45, 2.75) is 6.18 Å². The third-order valence-corrected chi connectivity index (χ3v) is 2.02.